The summed E-state index contributed by atoms with van der Waals surface area (Å²) in [7, 11) is 0. The Morgan fingerprint density at radius 1 is 1.33 bits per heavy atom. The van der Waals surface area contributed by atoms with Crippen molar-refractivity contribution < 1.29 is 14.2 Å². The summed E-state index contributed by atoms with van der Waals surface area (Å²) in [6, 6.07) is 5.71. The zero-order valence-corrected chi connectivity index (χ0v) is 8.53. The molecule has 0 radical (unpaired) electrons. The molecule has 1 aromatic carbocycles. The van der Waals surface area contributed by atoms with Crippen LogP contribution in [0.3, 0.4) is 0 Å². The Labute approximate surface area is 88.7 Å². The molecule has 0 fully saturated rings. The fourth-order valence-corrected chi connectivity index (χ4v) is 1.16. The summed E-state index contributed by atoms with van der Waals surface area (Å²) in [6.07, 6.45) is 0.879. The first-order chi connectivity index (χ1) is 7.22. The van der Waals surface area contributed by atoms with Crippen molar-refractivity contribution in [1.82, 2.24) is 0 Å². The van der Waals surface area contributed by atoms with Crippen LogP contribution in [0.15, 0.2) is 24.3 Å². The summed E-state index contributed by atoms with van der Waals surface area (Å²) >= 11 is 0. The topological polar surface area (TPSA) is 55.5 Å². The van der Waals surface area contributed by atoms with E-state index in [1.165, 1.54) is 24.3 Å². The molecular formula is C11H16FNO2. The average molecular weight is 213 g/mol. The molecule has 1 atom stereocenters. The Morgan fingerprint density at radius 3 is 2.60 bits per heavy atom. The lowest BCUT2D eigenvalue weighted by atomic mass is 10.2. The number of ether oxygens (including phenoxy) is 1. The average Bonchev–Trinajstić information content (AvgIpc) is 2.25. The van der Waals surface area contributed by atoms with Crippen molar-refractivity contribution in [2.45, 2.75) is 18.9 Å². The molecule has 0 aromatic heterocycles. The Hall–Kier alpha value is -1.13. The van der Waals surface area contributed by atoms with E-state index in [2.05, 4.69) is 0 Å². The SMILES string of the molecule is NCCCC(O)COc1ccc(F)cc1. The maximum absolute atomic E-state index is 12.5. The lowest BCUT2D eigenvalue weighted by molar-refractivity contribution is 0.0987. The fourth-order valence-electron chi connectivity index (χ4n) is 1.16. The minimum atomic E-state index is -0.515. The molecule has 4 heteroatoms. The van der Waals surface area contributed by atoms with Crippen molar-refractivity contribution >= 4 is 0 Å². The standard InChI is InChI=1S/C11H16FNO2/c12-9-3-5-11(6-4-9)15-8-10(14)2-1-7-13/h3-6,10,14H,1-2,7-8,13H2. The number of aliphatic hydroxyl groups excluding tert-OH is 1. The largest absolute Gasteiger partial charge is 0.491 e. The summed E-state index contributed by atoms with van der Waals surface area (Å²) in [5.41, 5.74) is 5.31. The Balaban J connectivity index is 2.27. The van der Waals surface area contributed by atoms with Gasteiger partial charge >= 0.3 is 0 Å². The van der Waals surface area contributed by atoms with Crippen LogP contribution in [0.4, 0.5) is 4.39 Å². The van der Waals surface area contributed by atoms with E-state index in [4.69, 9.17) is 10.5 Å². The third-order valence-corrected chi connectivity index (χ3v) is 2.00. The minimum absolute atomic E-state index is 0.214. The van der Waals surface area contributed by atoms with Crippen LogP contribution in [-0.4, -0.2) is 24.4 Å². The third kappa shape index (κ3) is 4.76. The molecule has 0 saturated carbocycles. The number of nitrogens with two attached hydrogens (primary N) is 1. The van der Waals surface area contributed by atoms with Crippen molar-refractivity contribution in [2.24, 2.45) is 5.73 Å². The van der Waals surface area contributed by atoms with Gasteiger partial charge in [0.25, 0.3) is 0 Å². The second-order valence-corrected chi connectivity index (χ2v) is 3.35. The summed E-state index contributed by atoms with van der Waals surface area (Å²) < 4.78 is 17.8. The van der Waals surface area contributed by atoms with E-state index >= 15 is 0 Å². The summed E-state index contributed by atoms with van der Waals surface area (Å²) in [4.78, 5) is 0. The molecule has 0 heterocycles. The minimum Gasteiger partial charge on any atom is -0.491 e. The molecule has 0 aliphatic heterocycles. The van der Waals surface area contributed by atoms with Gasteiger partial charge in [-0.15, -0.1) is 0 Å². The second-order valence-electron chi connectivity index (χ2n) is 3.35. The van der Waals surface area contributed by atoms with Crippen molar-refractivity contribution in [3.8, 4) is 5.75 Å². The second kappa shape index (κ2) is 6.37. The maximum Gasteiger partial charge on any atom is 0.123 e. The molecule has 84 valence electrons. The Bertz CT molecular complexity index is 276. The van der Waals surface area contributed by atoms with Gasteiger partial charge in [-0.05, 0) is 43.7 Å². The van der Waals surface area contributed by atoms with Crippen LogP contribution in [0.25, 0.3) is 0 Å². The van der Waals surface area contributed by atoms with Gasteiger partial charge in [-0.1, -0.05) is 0 Å². The van der Waals surface area contributed by atoms with Crippen LogP contribution in [0, 0.1) is 5.82 Å². The number of halogens is 1. The third-order valence-electron chi connectivity index (χ3n) is 2.00. The quantitative estimate of drug-likeness (QED) is 0.749. The van der Waals surface area contributed by atoms with E-state index in [0.717, 1.165) is 6.42 Å². The van der Waals surface area contributed by atoms with Gasteiger partial charge in [0.1, 0.15) is 18.2 Å². The van der Waals surface area contributed by atoms with Gasteiger partial charge < -0.3 is 15.6 Å². The number of hydrogen-bond acceptors (Lipinski definition) is 3. The van der Waals surface area contributed by atoms with Gasteiger partial charge in [-0.25, -0.2) is 4.39 Å². The molecule has 1 unspecified atom stereocenters. The van der Waals surface area contributed by atoms with E-state index in [9.17, 15) is 9.50 Å². The smallest absolute Gasteiger partial charge is 0.123 e. The monoisotopic (exact) mass is 213 g/mol. The Morgan fingerprint density at radius 2 is 2.00 bits per heavy atom. The molecule has 0 bridgehead atoms. The predicted molar refractivity (Wildman–Crippen MR) is 56.2 cm³/mol. The molecular weight excluding hydrogens is 197 g/mol. The first kappa shape index (κ1) is 11.9. The molecule has 3 N–H and O–H groups in total. The number of hydrogen-bond donors (Lipinski definition) is 2. The first-order valence-electron chi connectivity index (χ1n) is 4.99. The summed E-state index contributed by atoms with van der Waals surface area (Å²) in [5.74, 6) is 0.259. The van der Waals surface area contributed by atoms with Crippen LogP contribution >= 0.6 is 0 Å². The highest BCUT2D eigenvalue weighted by Crippen LogP contribution is 2.11. The van der Waals surface area contributed by atoms with Gasteiger partial charge in [0.2, 0.25) is 0 Å². The normalized spacial score (nSPS) is 12.5. The summed E-state index contributed by atoms with van der Waals surface area (Å²) in [6.45, 7) is 0.777. The van der Waals surface area contributed by atoms with Crippen LogP contribution in [-0.2, 0) is 0 Å². The molecule has 0 aliphatic rings. The summed E-state index contributed by atoms with van der Waals surface area (Å²) in [5, 5.41) is 9.44. The van der Waals surface area contributed by atoms with Crippen LogP contribution in [0.1, 0.15) is 12.8 Å². The molecule has 0 saturated heterocycles. The highest BCUT2D eigenvalue weighted by molar-refractivity contribution is 5.21. The Kier molecular flexibility index (Phi) is 5.07. The van der Waals surface area contributed by atoms with Crippen molar-refractivity contribution in [1.29, 1.82) is 0 Å². The molecule has 0 aliphatic carbocycles. The van der Waals surface area contributed by atoms with Crippen molar-refractivity contribution in [3.63, 3.8) is 0 Å². The van der Waals surface area contributed by atoms with E-state index in [1.807, 2.05) is 0 Å². The lowest BCUT2D eigenvalue weighted by Gasteiger charge is -2.11. The van der Waals surface area contributed by atoms with Crippen molar-refractivity contribution in [2.75, 3.05) is 13.2 Å². The van der Waals surface area contributed by atoms with E-state index in [1.54, 1.807) is 0 Å². The molecule has 15 heavy (non-hydrogen) atoms. The van der Waals surface area contributed by atoms with Gasteiger partial charge in [-0.2, -0.15) is 0 Å². The highest BCUT2D eigenvalue weighted by Gasteiger charge is 2.04. The highest BCUT2D eigenvalue weighted by atomic mass is 19.1. The molecule has 1 aromatic rings. The predicted octanol–water partition coefficient (Wildman–Crippen LogP) is 1.30. The molecule has 0 amide bonds. The van der Waals surface area contributed by atoms with Gasteiger partial charge in [0.15, 0.2) is 0 Å². The fraction of sp³-hybridized carbons (Fsp3) is 0.455. The van der Waals surface area contributed by atoms with Gasteiger partial charge in [0.05, 0.1) is 6.10 Å². The molecule has 3 nitrogen and oxygen atoms in total. The van der Waals surface area contributed by atoms with Crippen LogP contribution in [0.5, 0.6) is 5.75 Å². The van der Waals surface area contributed by atoms with E-state index in [0.29, 0.717) is 18.7 Å². The van der Waals surface area contributed by atoms with Crippen LogP contribution in [0.2, 0.25) is 0 Å². The number of aliphatic hydroxyl groups is 1. The lowest BCUT2D eigenvalue weighted by Crippen LogP contribution is -2.18. The zero-order chi connectivity index (χ0) is 11.1. The number of rotatable bonds is 6. The number of benzene rings is 1. The molecule has 1 rings (SSSR count). The first-order valence-corrected chi connectivity index (χ1v) is 4.99. The van der Waals surface area contributed by atoms with Crippen molar-refractivity contribution in [3.05, 3.63) is 30.1 Å². The van der Waals surface area contributed by atoms with E-state index < -0.39 is 6.10 Å². The maximum atomic E-state index is 12.5. The zero-order valence-electron chi connectivity index (χ0n) is 8.53. The van der Waals surface area contributed by atoms with Crippen LogP contribution < -0.4 is 10.5 Å². The van der Waals surface area contributed by atoms with Gasteiger partial charge in [0, 0.05) is 0 Å². The van der Waals surface area contributed by atoms with Gasteiger partial charge in [-0.3, -0.25) is 0 Å². The van der Waals surface area contributed by atoms with E-state index in [-0.39, 0.29) is 12.4 Å². The molecule has 0 spiro atoms.